The molecule has 0 saturated heterocycles. The molecule has 0 saturated carbocycles. The molecule has 314 valence electrons. The SMILES string of the molecule is c1ccc(-c2ccc(N(c3ccc4c(c3)-c3ccccc3C4(c3ccccc3)c3ccccc3)c3ccc4c(c3)C(c3ccccc3)(c3ccccc3)c3ccc5ccccc5c3-4)cc2)cc1. The molecule has 13 rings (SSSR count). The fraction of sp³-hybridized carbons (Fsp3) is 0.0303. The number of hydrogen-bond acceptors (Lipinski definition) is 1. The number of fused-ring (bicyclic) bond motifs is 8. The molecule has 11 aromatic rings. The number of anilines is 3. The van der Waals surface area contributed by atoms with E-state index in [1.54, 1.807) is 0 Å². The molecule has 0 amide bonds. The molecular weight excluding hydrogens is 807 g/mol. The predicted molar refractivity (Wildman–Crippen MR) is 279 cm³/mol. The van der Waals surface area contributed by atoms with E-state index in [-0.39, 0.29) is 0 Å². The molecule has 1 nitrogen and oxygen atoms in total. The maximum absolute atomic E-state index is 2.49. The van der Waals surface area contributed by atoms with E-state index in [9.17, 15) is 0 Å². The molecule has 0 unspecified atom stereocenters. The summed E-state index contributed by atoms with van der Waals surface area (Å²) in [4.78, 5) is 2.48. The van der Waals surface area contributed by atoms with Gasteiger partial charge in [0, 0.05) is 17.1 Å². The van der Waals surface area contributed by atoms with Gasteiger partial charge >= 0.3 is 0 Å². The number of nitrogens with zero attached hydrogens (tertiary/aromatic N) is 1. The predicted octanol–water partition coefficient (Wildman–Crippen LogP) is 16.7. The minimum atomic E-state index is -0.572. The zero-order valence-corrected chi connectivity index (χ0v) is 36.9. The lowest BCUT2D eigenvalue weighted by Gasteiger charge is -2.35. The van der Waals surface area contributed by atoms with Gasteiger partial charge in [0.1, 0.15) is 0 Å². The van der Waals surface area contributed by atoms with Crippen LogP contribution in [0.5, 0.6) is 0 Å². The van der Waals surface area contributed by atoms with Crippen LogP contribution in [0, 0.1) is 0 Å². The van der Waals surface area contributed by atoms with Gasteiger partial charge in [0.2, 0.25) is 0 Å². The van der Waals surface area contributed by atoms with E-state index in [1.165, 1.54) is 88.7 Å². The van der Waals surface area contributed by atoms with Gasteiger partial charge in [-0.25, -0.2) is 0 Å². The van der Waals surface area contributed by atoms with Gasteiger partial charge in [-0.05, 0) is 125 Å². The Labute approximate surface area is 392 Å². The molecule has 0 bridgehead atoms. The Hall–Kier alpha value is -8.52. The minimum absolute atomic E-state index is 0.484. The molecule has 0 atom stereocenters. The van der Waals surface area contributed by atoms with Gasteiger partial charge in [0.05, 0.1) is 10.8 Å². The first-order valence-corrected chi connectivity index (χ1v) is 23.3. The number of rotatable bonds is 8. The molecular formula is C66H45N. The average Bonchev–Trinajstić information content (AvgIpc) is 3.88. The molecule has 0 N–H and O–H groups in total. The second-order valence-corrected chi connectivity index (χ2v) is 17.9. The van der Waals surface area contributed by atoms with Crippen LogP contribution in [0.3, 0.4) is 0 Å². The fourth-order valence-electron chi connectivity index (χ4n) is 11.8. The van der Waals surface area contributed by atoms with Gasteiger partial charge < -0.3 is 4.90 Å². The molecule has 1 heteroatoms. The molecule has 0 spiro atoms. The zero-order valence-electron chi connectivity index (χ0n) is 36.9. The lowest BCUT2D eigenvalue weighted by atomic mass is 9.67. The van der Waals surface area contributed by atoms with Crippen molar-refractivity contribution in [1.82, 2.24) is 0 Å². The van der Waals surface area contributed by atoms with Crippen LogP contribution in [-0.2, 0) is 10.8 Å². The van der Waals surface area contributed by atoms with E-state index < -0.39 is 10.8 Å². The van der Waals surface area contributed by atoms with Crippen molar-refractivity contribution in [3.63, 3.8) is 0 Å². The van der Waals surface area contributed by atoms with E-state index >= 15 is 0 Å². The van der Waals surface area contributed by atoms with E-state index in [4.69, 9.17) is 0 Å². The summed E-state index contributed by atoms with van der Waals surface area (Å²) in [5, 5.41) is 2.52. The molecule has 2 aliphatic carbocycles. The zero-order chi connectivity index (χ0) is 44.4. The summed E-state index contributed by atoms with van der Waals surface area (Å²) < 4.78 is 0. The maximum atomic E-state index is 2.49. The largest absolute Gasteiger partial charge is 0.310 e. The van der Waals surface area contributed by atoms with Crippen LogP contribution >= 0.6 is 0 Å². The quantitative estimate of drug-likeness (QED) is 0.147. The lowest BCUT2D eigenvalue weighted by molar-refractivity contribution is 0.768. The third kappa shape index (κ3) is 5.81. The van der Waals surface area contributed by atoms with Crippen LogP contribution in [-0.4, -0.2) is 0 Å². The van der Waals surface area contributed by atoms with E-state index in [0.717, 1.165) is 17.1 Å². The summed E-state index contributed by atoms with van der Waals surface area (Å²) in [6, 6.07) is 101. The van der Waals surface area contributed by atoms with Crippen molar-refractivity contribution >= 4 is 27.8 Å². The average molecular weight is 852 g/mol. The first-order valence-electron chi connectivity index (χ1n) is 23.3. The topological polar surface area (TPSA) is 3.24 Å². The van der Waals surface area contributed by atoms with Gasteiger partial charge in [-0.15, -0.1) is 0 Å². The second-order valence-electron chi connectivity index (χ2n) is 17.9. The highest BCUT2D eigenvalue weighted by Crippen LogP contribution is 2.60. The van der Waals surface area contributed by atoms with Crippen molar-refractivity contribution in [3.05, 3.63) is 317 Å². The van der Waals surface area contributed by atoms with Crippen molar-refractivity contribution in [2.75, 3.05) is 4.90 Å². The Balaban J connectivity index is 1.08. The third-order valence-corrected chi connectivity index (χ3v) is 14.6. The molecule has 0 radical (unpaired) electrons. The van der Waals surface area contributed by atoms with Crippen LogP contribution in [0.25, 0.3) is 44.2 Å². The summed E-state index contributed by atoms with van der Waals surface area (Å²) in [5.74, 6) is 0. The lowest BCUT2D eigenvalue weighted by Crippen LogP contribution is -2.29. The molecule has 11 aromatic carbocycles. The van der Waals surface area contributed by atoms with E-state index in [2.05, 4.69) is 278 Å². The van der Waals surface area contributed by atoms with Gasteiger partial charge in [-0.2, -0.15) is 0 Å². The Kier molecular flexibility index (Phi) is 9.05. The molecule has 0 heterocycles. The van der Waals surface area contributed by atoms with Crippen LogP contribution in [0.2, 0.25) is 0 Å². The number of hydrogen-bond donors (Lipinski definition) is 0. The van der Waals surface area contributed by atoms with Crippen molar-refractivity contribution in [1.29, 1.82) is 0 Å². The van der Waals surface area contributed by atoms with Crippen molar-refractivity contribution in [2.45, 2.75) is 10.8 Å². The number of benzene rings is 11. The van der Waals surface area contributed by atoms with Crippen LogP contribution in [0.1, 0.15) is 44.5 Å². The van der Waals surface area contributed by atoms with Gasteiger partial charge in [-0.1, -0.05) is 237 Å². The van der Waals surface area contributed by atoms with Crippen molar-refractivity contribution in [3.8, 4) is 33.4 Å². The van der Waals surface area contributed by atoms with Crippen LogP contribution < -0.4 is 4.90 Å². The molecule has 0 aromatic heterocycles. The summed E-state index contributed by atoms with van der Waals surface area (Å²) in [7, 11) is 0. The summed E-state index contributed by atoms with van der Waals surface area (Å²) in [5.41, 5.74) is 19.9. The Morgan fingerprint density at radius 1 is 0.254 bits per heavy atom. The summed E-state index contributed by atoms with van der Waals surface area (Å²) >= 11 is 0. The smallest absolute Gasteiger partial charge is 0.0714 e. The molecule has 0 fully saturated rings. The Morgan fingerprint density at radius 3 is 1.33 bits per heavy atom. The fourth-order valence-corrected chi connectivity index (χ4v) is 11.8. The highest BCUT2D eigenvalue weighted by atomic mass is 15.1. The highest BCUT2D eigenvalue weighted by molar-refractivity contribution is 6.05. The van der Waals surface area contributed by atoms with Crippen molar-refractivity contribution in [2.24, 2.45) is 0 Å². The normalized spacial score (nSPS) is 13.6. The van der Waals surface area contributed by atoms with Gasteiger partial charge in [-0.3, -0.25) is 0 Å². The Morgan fingerprint density at radius 2 is 0.701 bits per heavy atom. The van der Waals surface area contributed by atoms with Crippen LogP contribution in [0.15, 0.2) is 273 Å². The standard InChI is InChI=1S/C66H45N/c1-6-20-46(21-7-1)47-34-37-53(38-35-47)67(54-40-43-61-59(44-54)57-32-18-19-33-60(57)65(61,49-23-8-2-9-24-49)50-25-10-3-11-26-50)55-39-41-58-63(45-55)66(51-27-12-4-13-28-51,52-29-14-5-15-30-52)62-42-36-48-22-16-17-31-56(48)64(58)62/h1-45H. The highest BCUT2D eigenvalue weighted by Gasteiger charge is 2.48. The van der Waals surface area contributed by atoms with Gasteiger partial charge in [0.15, 0.2) is 0 Å². The maximum Gasteiger partial charge on any atom is 0.0714 e. The second kappa shape index (κ2) is 15.6. The minimum Gasteiger partial charge on any atom is -0.310 e. The first-order chi connectivity index (χ1) is 33.2. The summed E-state index contributed by atoms with van der Waals surface area (Å²) in [6.07, 6.45) is 0. The van der Waals surface area contributed by atoms with Crippen molar-refractivity contribution < 1.29 is 0 Å². The van der Waals surface area contributed by atoms with Crippen LogP contribution in [0.4, 0.5) is 17.1 Å². The molecule has 67 heavy (non-hydrogen) atoms. The summed E-state index contributed by atoms with van der Waals surface area (Å²) in [6.45, 7) is 0. The third-order valence-electron chi connectivity index (χ3n) is 14.6. The van der Waals surface area contributed by atoms with Gasteiger partial charge in [0.25, 0.3) is 0 Å². The molecule has 0 aliphatic heterocycles. The monoisotopic (exact) mass is 851 g/mol. The van der Waals surface area contributed by atoms with E-state index in [0.29, 0.717) is 0 Å². The van der Waals surface area contributed by atoms with E-state index in [1.807, 2.05) is 0 Å². The Bertz CT molecular complexity index is 3520. The first kappa shape index (κ1) is 38.9. The molecule has 2 aliphatic rings.